The van der Waals surface area contributed by atoms with Crippen LogP contribution in [0.2, 0.25) is 0 Å². The number of amides is 1. The Morgan fingerprint density at radius 1 is 1.33 bits per heavy atom. The normalized spacial score (nSPS) is 14.9. The van der Waals surface area contributed by atoms with Crippen LogP contribution in [-0.4, -0.2) is 25.0 Å². The fourth-order valence-electron chi connectivity index (χ4n) is 2.82. The van der Waals surface area contributed by atoms with Crippen LogP contribution in [0.15, 0.2) is 36.4 Å². The molecule has 0 saturated carbocycles. The number of nitrogens with zero attached hydrogens (tertiary/aromatic N) is 1. The van der Waals surface area contributed by atoms with Crippen LogP contribution in [0.1, 0.15) is 27.0 Å². The third-order valence-corrected chi connectivity index (χ3v) is 4.98. The molecule has 2 aromatic rings. The molecule has 0 spiro atoms. The number of benzene rings is 1. The molecular weight excluding hydrogens is 280 g/mol. The third kappa shape index (κ3) is 2.95. The summed E-state index contributed by atoms with van der Waals surface area (Å²) in [5.41, 5.74) is 2.72. The van der Waals surface area contributed by atoms with E-state index in [4.69, 9.17) is 0 Å². The second kappa shape index (κ2) is 5.90. The predicted octanol–water partition coefficient (Wildman–Crippen LogP) is 3.24. The van der Waals surface area contributed by atoms with E-state index in [1.54, 1.807) is 11.3 Å². The molecule has 21 heavy (non-hydrogen) atoms. The van der Waals surface area contributed by atoms with Crippen molar-refractivity contribution in [1.82, 2.24) is 5.32 Å². The summed E-state index contributed by atoms with van der Waals surface area (Å²) in [5, 5.41) is 3.05. The van der Waals surface area contributed by atoms with Gasteiger partial charge in [-0.3, -0.25) is 4.79 Å². The third-order valence-electron chi connectivity index (χ3n) is 3.98. The maximum absolute atomic E-state index is 12.1. The number of nitrogens with one attached hydrogen (secondary N) is 1. The van der Waals surface area contributed by atoms with Gasteiger partial charge in [-0.1, -0.05) is 18.2 Å². The molecule has 0 saturated heterocycles. The van der Waals surface area contributed by atoms with Crippen molar-refractivity contribution in [3.8, 4) is 0 Å². The van der Waals surface area contributed by atoms with Crippen LogP contribution in [0, 0.1) is 6.92 Å². The van der Waals surface area contributed by atoms with Gasteiger partial charge in [-0.2, -0.15) is 0 Å². The summed E-state index contributed by atoms with van der Waals surface area (Å²) in [6.07, 6.45) is 1.10. The molecular formula is C17H20N2OS. The van der Waals surface area contributed by atoms with Crippen LogP contribution < -0.4 is 10.2 Å². The van der Waals surface area contributed by atoms with E-state index in [-0.39, 0.29) is 5.91 Å². The summed E-state index contributed by atoms with van der Waals surface area (Å²) in [6.45, 7) is 5.89. The fourth-order valence-corrected chi connectivity index (χ4v) is 3.60. The number of thiophene rings is 1. The molecule has 0 bridgehead atoms. The molecule has 1 aromatic carbocycles. The summed E-state index contributed by atoms with van der Waals surface area (Å²) in [4.78, 5) is 16.4. The topological polar surface area (TPSA) is 32.3 Å². The van der Waals surface area contributed by atoms with Gasteiger partial charge in [0, 0.05) is 29.7 Å². The number of carbonyl (C=O) groups excluding carboxylic acids is 1. The summed E-state index contributed by atoms with van der Waals surface area (Å²) in [7, 11) is 0. The average Bonchev–Trinajstić information content (AvgIpc) is 3.10. The van der Waals surface area contributed by atoms with Gasteiger partial charge >= 0.3 is 0 Å². The van der Waals surface area contributed by atoms with Gasteiger partial charge in [-0.25, -0.2) is 0 Å². The molecule has 0 fully saturated rings. The molecule has 4 heteroatoms. The number of fused-ring (bicyclic) bond motifs is 1. The lowest BCUT2D eigenvalue weighted by Gasteiger charge is -2.27. The number of hydrogen-bond acceptors (Lipinski definition) is 3. The molecule has 3 rings (SSSR count). The Morgan fingerprint density at radius 2 is 2.14 bits per heavy atom. The second-order valence-electron chi connectivity index (χ2n) is 5.54. The molecule has 1 unspecified atom stereocenters. The fraction of sp³-hybridized carbons (Fsp3) is 0.353. The Hall–Kier alpha value is -1.81. The van der Waals surface area contributed by atoms with Crippen LogP contribution in [0.5, 0.6) is 0 Å². The van der Waals surface area contributed by atoms with E-state index in [0.717, 1.165) is 17.8 Å². The maximum Gasteiger partial charge on any atom is 0.261 e. The Kier molecular flexibility index (Phi) is 3.97. The van der Waals surface area contributed by atoms with Crippen molar-refractivity contribution in [2.45, 2.75) is 26.3 Å². The average molecular weight is 300 g/mol. The van der Waals surface area contributed by atoms with Gasteiger partial charge in [0.2, 0.25) is 0 Å². The molecule has 3 nitrogen and oxygen atoms in total. The van der Waals surface area contributed by atoms with Crippen molar-refractivity contribution in [2.75, 3.05) is 18.0 Å². The summed E-state index contributed by atoms with van der Waals surface area (Å²) in [6, 6.07) is 12.7. The molecule has 1 aliphatic heterocycles. The zero-order chi connectivity index (χ0) is 14.8. The van der Waals surface area contributed by atoms with Gasteiger partial charge in [-0.15, -0.1) is 11.3 Å². The molecule has 1 aromatic heterocycles. The molecule has 110 valence electrons. The minimum Gasteiger partial charge on any atom is -0.366 e. The van der Waals surface area contributed by atoms with E-state index in [1.165, 1.54) is 16.1 Å². The van der Waals surface area contributed by atoms with Gasteiger partial charge in [-0.05, 0) is 44.0 Å². The van der Waals surface area contributed by atoms with E-state index in [9.17, 15) is 4.79 Å². The molecule has 0 aliphatic carbocycles. The van der Waals surface area contributed by atoms with Gasteiger partial charge < -0.3 is 10.2 Å². The Balaban J connectivity index is 1.60. The minimum atomic E-state index is 0.0347. The van der Waals surface area contributed by atoms with Crippen LogP contribution in [0.25, 0.3) is 0 Å². The number of carbonyl (C=O) groups is 1. The molecule has 2 heterocycles. The van der Waals surface area contributed by atoms with Crippen LogP contribution >= 0.6 is 11.3 Å². The summed E-state index contributed by atoms with van der Waals surface area (Å²) >= 11 is 1.54. The monoisotopic (exact) mass is 300 g/mol. The first-order chi connectivity index (χ1) is 10.1. The number of anilines is 1. The largest absolute Gasteiger partial charge is 0.366 e. The van der Waals surface area contributed by atoms with Crippen molar-refractivity contribution in [3.63, 3.8) is 0 Å². The number of para-hydroxylation sites is 1. The zero-order valence-electron chi connectivity index (χ0n) is 12.4. The number of rotatable bonds is 4. The van der Waals surface area contributed by atoms with E-state index < -0.39 is 0 Å². The van der Waals surface area contributed by atoms with Crippen molar-refractivity contribution in [1.29, 1.82) is 0 Å². The minimum absolute atomic E-state index is 0.0347. The highest BCUT2D eigenvalue weighted by Crippen LogP contribution is 2.28. The van der Waals surface area contributed by atoms with Gasteiger partial charge in [0.25, 0.3) is 5.91 Å². The van der Waals surface area contributed by atoms with E-state index in [2.05, 4.69) is 41.4 Å². The summed E-state index contributed by atoms with van der Waals surface area (Å²) in [5.74, 6) is 0.0347. The second-order valence-corrected chi connectivity index (χ2v) is 6.83. The summed E-state index contributed by atoms with van der Waals surface area (Å²) < 4.78 is 0. The standard InChI is InChI=1S/C17H20N2OS/c1-12(11-18-17(20)16-8-7-13(2)21-16)19-10-9-14-5-3-4-6-15(14)19/h3-8,12H,9-11H2,1-2H3,(H,18,20). The lowest BCUT2D eigenvalue weighted by Crippen LogP contribution is -2.41. The molecule has 1 atom stereocenters. The van der Waals surface area contributed by atoms with Gasteiger partial charge in [0.15, 0.2) is 0 Å². The zero-order valence-corrected chi connectivity index (χ0v) is 13.2. The lowest BCUT2D eigenvalue weighted by atomic mass is 10.2. The first-order valence-electron chi connectivity index (χ1n) is 7.34. The highest BCUT2D eigenvalue weighted by molar-refractivity contribution is 7.13. The Bertz CT molecular complexity index is 650. The van der Waals surface area contributed by atoms with Crippen molar-refractivity contribution in [2.24, 2.45) is 0 Å². The molecule has 0 radical (unpaired) electrons. The molecule has 1 N–H and O–H groups in total. The maximum atomic E-state index is 12.1. The van der Waals surface area contributed by atoms with Crippen LogP contribution in [-0.2, 0) is 6.42 Å². The van der Waals surface area contributed by atoms with Gasteiger partial charge in [0.05, 0.1) is 4.88 Å². The number of hydrogen-bond donors (Lipinski definition) is 1. The Labute approximate surface area is 129 Å². The lowest BCUT2D eigenvalue weighted by molar-refractivity contribution is 0.0955. The van der Waals surface area contributed by atoms with E-state index in [0.29, 0.717) is 12.6 Å². The molecule has 1 amide bonds. The predicted molar refractivity (Wildman–Crippen MR) is 88.3 cm³/mol. The van der Waals surface area contributed by atoms with Crippen molar-refractivity contribution < 1.29 is 4.79 Å². The molecule has 1 aliphatic rings. The van der Waals surface area contributed by atoms with Crippen molar-refractivity contribution in [3.05, 3.63) is 51.7 Å². The Morgan fingerprint density at radius 3 is 2.90 bits per heavy atom. The first kappa shape index (κ1) is 14.1. The van der Waals surface area contributed by atoms with Crippen LogP contribution in [0.3, 0.4) is 0 Å². The van der Waals surface area contributed by atoms with Crippen molar-refractivity contribution >= 4 is 22.9 Å². The van der Waals surface area contributed by atoms with E-state index in [1.807, 2.05) is 19.1 Å². The van der Waals surface area contributed by atoms with Gasteiger partial charge in [0.1, 0.15) is 0 Å². The first-order valence-corrected chi connectivity index (χ1v) is 8.16. The number of aryl methyl sites for hydroxylation is 1. The highest BCUT2D eigenvalue weighted by Gasteiger charge is 2.23. The van der Waals surface area contributed by atoms with Crippen LogP contribution in [0.4, 0.5) is 5.69 Å². The van der Waals surface area contributed by atoms with E-state index >= 15 is 0 Å². The SMILES string of the molecule is Cc1ccc(C(=O)NCC(C)N2CCc3ccccc32)s1. The smallest absolute Gasteiger partial charge is 0.261 e. The highest BCUT2D eigenvalue weighted by atomic mass is 32.1. The quantitative estimate of drug-likeness (QED) is 0.940.